The van der Waals surface area contributed by atoms with E-state index in [1.54, 1.807) is 0 Å². The van der Waals surface area contributed by atoms with E-state index in [1.165, 1.54) is 16.7 Å². The van der Waals surface area contributed by atoms with Gasteiger partial charge < -0.3 is 0 Å². The largest absolute Gasteiger partial charge is 0.261 e. The molecule has 70 valence electrons. The van der Waals surface area contributed by atoms with Crippen molar-refractivity contribution in [1.82, 2.24) is 4.98 Å². The molecule has 0 aliphatic heterocycles. The predicted octanol–water partition coefficient (Wildman–Crippen LogP) is 3.37. The lowest BCUT2D eigenvalue weighted by Gasteiger charge is -2.05. The van der Waals surface area contributed by atoms with Crippen molar-refractivity contribution in [3.63, 3.8) is 0 Å². The minimum atomic E-state index is 1.08. The lowest BCUT2D eigenvalue weighted by Crippen LogP contribution is -1.86. The van der Waals surface area contributed by atoms with Crippen LogP contribution in [0, 0.1) is 13.8 Å². The Morgan fingerprint density at radius 1 is 1.00 bits per heavy atom. The fourth-order valence-corrected chi connectivity index (χ4v) is 1.60. The van der Waals surface area contributed by atoms with Gasteiger partial charge in [0.15, 0.2) is 0 Å². The van der Waals surface area contributed by atoms with E-state index in [-0.39, 0.29) is 0 Å². The van der Waals surface area contributed by atoms with Crippen molar-refractivity contribution >= 4 is 0 Å². The Morgan fingerprint density at radius 3 is 2.57 bits per heavy atom. The second kappa shape index (κ2) is 3.62. The molecule has 0 saturated carbocycles. The summed E-state index contributed by atoms with van der Waals surface area (Å²) in [6.45, 7) is 4.15. The third-order valence-corrected chi connectivity index (χ3v) is 2.34. The normalized spacial score (nSPS) is 10.1. The molecule has 1 aromatic carbocycles. The third-order valence-electron chi connectivity index (χ3n) is 2.34. The van der Waals surface area contributed by atoms with Gasteiger partial charge in [0, 0.05) is 17.5 Å². The van der Waals surface area contributed by atoms with Crippen LogP contribution in [0.5, 0.6) is 0 Å². The maximum absolute atomic E-state index is 4.29. The molecule has 2 aromatic rings. The topological polar surface area (TPSA) is 12.9 Å². The number of hydrogen-bond acceptors (Lipinski definition) is 1. The summed E-state index contributed by atoms with van der Waals surface area (Å²) in [5.41, 5.74) is 4.83. The van der Waals surface area contributed by atoms with Crippen LogP contribution >= 0.6 is 0 Å². The van der Waals surface area contributed by atoms with Gasteiger partial charge in [0.1, 0.15) is 0 Å². The molecule has 0 unspecified atom stereocenters. The molecule has 2 rings (SSSR count). The number of nitrogens with zero attached hydrogens (tertiary/aromatic N) is 1. The van der Waals surface area contributed by atoms with E-state index in [2.05, 4.69) is 42.2 Å². The first kappa shape index (κ1) is 8.95. The fourth-order valence-electron chi connectivity index (χ4n) is 1.60. The molecule has 1 nitrogen and oxygen atoms in total. The van der Waals surface area contributed by atoms with Crippen LogP contribution in [-0.4, -0.2) is 4.98 Å². The summed E-state index contributed by atoms with van der Waals surface area (Å²) in [5.74, 6) is 0. The van der Waals surface area contributed by atoms with Gasteiger partial charge in [-0.25, -0.2) is 0 Å². The highest BCUT2D eigenvalue weighted by Gasteiger charge is 2.00. The van der Waals surface area contributed by atoms with Crippen molar-refractivity contribution in [3.05, 3.63) is 53.9 Å². The van der Waals surface area contributed by atoms with Crippen LogP contribution in [0.3, 0.4) is 0 Å². The second-order valence-electron chi connectivity index (χ2n) is 3.51. The zero-order chi connectivity index (χ0) is 9.97. The summed E-state index contributed by atoms with van der Waals surface area (Å²) in [6, 6.07) is 12.6. The van der Waals surface area contributed by atoms with E-state index < -0.39 is 0 Å². The van der Waals surface area contributed by atoms with Crippen molar-refractivity contribution in [2.24, 2.45) is 0 Å². The van der Waals surface area contributed by atoms with Crippen LogP contribution < -0.4 is 0 Å². The molecule has 0 fully saturated rings. The number of aryl methyl sites for hydroxylation is 2. The Kier molecular flexibility index (Phi) is 2.32. The Labute approximate surface area is 84.4 Å². The van der Waals surface area contributed by atoms with Gasteiger partial charge in [0.25, 0.3) is 0 Å². The summed E-state index contributed by atoms with van der Waals surface area (Å²) < 4.78 is 0. The van der Waals surface area contributed by atoms with E-state index in [0.717, 1.165) is 5.69 Å². The van der Waals surface area contributed by atoms with E-state index in [9.17, 15) is 0 Å². The number of aromatic nitrogens is 1. The lowest BCUT2D eigenvalue weighted by molar-refractivity contribution is 1.20. The lowest BCUT2D eigenvalue weighted by atomic mass is 10.0. The van der Waals surface area contributed by atoms with Crippen molar-refractivity contribution in [2.75, 3.05) is 0 Å². The predicted molar refractivity (Wildman–Crippen MR) is 59.1 cm³/mol. The molecule has 14 heavy (non-hydrogen) atoms. The summed E-state index contributed by atoms with van der Waals surface area (Å²) in [6.07, 6.45) is 1.83. The number of benzene rings is 1. The fraction of sp³-hybridized carbons (Fsp3) is 0.154. The maximum Gasteiger partial charge on any atom is 0.0450 e. The van der Waals surface area contributed by atoms with Gasteiger partial charge in [-0.15, -0.1) is 0 Å². The van der Waals surface area contributed by atoms with Gasteiger partial charge in [0.2, 0.25) is 0 Å². The second-order valence-corrected chi connectivity index (χ2v) is 3.51. The molecular formula is C13H13N. The van der Waals surface area contributed by atoms with Crippen LogP contribution in [0.2, 0.25) is 0 Å². The van der Waals surface area contributed by atoms with E-state index in [1.807, 2.05) is 19.2 Å². The minimum absolute atomic E-state index is 1.08. The summed E-state index contributed by atoms with van der Waals surface area (Å²) in [4.78, 5) is 4.29. The van der Waals surface area contributed by atoms with Gasteiger partial charge in [-0.1, -0.05) is 35.9 Å². The average molecular weight is 183 g/mol. The molecule has 0 bridgehead atoms. The van der Waals surface area contributed by atoms with Gasteiger partial charge in [-0.2, -0.15) is 0 Å². The zero-order valence-electron chi connectivity index (χ0n) is 8.49. The smallest absolute Gasteiger partial charge is 0.0450 e. The minimum Gasteiger partial charge on any atom is -0.261 e. The van der Waals surface area contributed by atoms with Crippen molar-refractivity contribution in [1.29, 1.82) is 0 Å². The maximum atomic E-state index is 4.29. The number of rotatable bonds is 1. The highest BCUT2D eigenvalue weighted by atomic mass is 14.7. The third kappa shape index (κ3) is 1.67. The molecule has 0 amide bonds. The summed E-state index contributed by atoms with van der Waals surface area (Å²) in [7, 11) is 0. The van der Waals surface area contributed by atoms with Crippen molar-refractivity contribution in [3.8, 4) is 11.1 Å². The average Bonchev–Trinajstić information content (AvgIpc) is 2.18. The molecule has 1 heterocycles. The van der Waals surface area contributed by atoms with E-state index >= 15 is 0 Å². The monoisotopic (exact) mass is 183 g/mol. The molecule has 0 aliphatic rings. The molecule has 1 heteroatoms. The Hall–Kier alpha value is -1.63. The van der Waals surface area contributed by atoms with Crippen LogP contribution in [0.25, 0.3) is 11.1 Å². The number of pyridine rings is 1. The molecule has 0 atom stereocenters. The van der Waals surface area contributed by atoms with Crippen LogP contribution in [0.15, 0.2) is 42.6 Å². The summed E-state index contributed by atoms with van der Waals surface area (Å²) in [5, 5.41) is 0. The van der Waals surface area contributed by atoms with Crippen molar-refractivity contribution in [2.45, 2.75) is 13.8 Å². The first-order valence-electron chi connectivity index (χ1n) is 4.76. The summed E-state index contributed by atoms with van der Waals surface area (Å²) >= 11 is 0. The highest BCUT2D eigenvalue weighted by molar-refractivity contribution is 5.66. The molecule has 0 saturated heterocycles. The first-order valence-corrected chi connectivity index (χ1v) is 4.76. The molecule has 0 spiro atoms. The van der Waals surface area contributed by atoms with Crippen LogP contribution in [0.4, 0.5) is 0 Å². The zero-order valence-corrected chi connectivity index (χ0v) is 8.49. The van der Waals surface area contributed by atoms with Crippen LogP contribution in [0.1, 0.15) is 11.3 Å². The Morgan fingerprint density at radius 2 is 1.86 bits per heavy atom. The van der Waals surface area contributed by atoms with Gasteiger partial charge >= 0.3 is 0 Å². The molecule has 0 N–H and O–H groups in total. The molecule has 0 aliphatic carbocycles. The van der Waals surface area contributed by atoms with Gasteiger partial charge in [-0.3, -0.25) is 4.98 Å². The quantitative estimate of drug-likeness (QED) is 0.660. The van der Waals surface area contributed by atoms with Gasteiger partial charge in [0.05, 0.1) is 0 Å². The Bertz CT molecular complexity index is 446. The van der Waals surface area contributed by atoms with E-state index in [0.29, 0.717) is 0 Å². The molecule has 1 aromatic heterocycles. The molecular weight excluding hydrogens is 170 g/mol. The first-order chi connectivity index (χ1) is 6.77. The standard InChI is InChI=1S/C13H13N/c1-10-5-3-6-12(9-10)13-7-4-8-14-11(13)2/h3-9H,1-2H3. The molecule has 0 radical (unpaired) electrons. The van der Waals surface area contributed by atoms with E-state index in [4.69, 9.17) is 0 Å². The Balaban J connectivity index is 2.55. The van der Waals surface area contributed by atoms with Gasteiger partial charge in [-0.05, 0) is 25.5 Å². The van der Waals surface area contributed by atoms with Crippen LogP contribution in [-0.2, 0) is 0 Å². The number of hydrogen-bond donors (Lipinski definition) is 0. The SMILES string of the molecule is Cc1cccc(-c2cccnc2C)c1. The van der Waals surface area contributed by atoms with Crippen molar-refractivity contribution < 1.29 is 0 Å². The highest BCUT2D eigenvalue weighted by Crippen LogP contribution is 2.21.